The molecule has 0 aliphatic heterocycles. The third-order valence-corrected chi connectivity index (χ3v) is 3.62. The quantitative estimate of drug-likeness (QED) is 0.378. The average Bonchev–Trinajstić information content (AvgIpc) is 2.48. The van der Waals surface area contributed by atoms with Gasteiger partial charge in [-0.3, -0.25) is 4.57 Å². The molecule has 0 aromatic heterocycles. The van der Waals surface area contributed by atoms with E-state index in [1.165, 1.54) is 18.1 Å². The van der Waals surface area contributed by atoms with Crippen LogP contribution >= 0.6 is 7.82 Å². The summed E-state index contributed by atoms with van der Waals surface area (Å²) in [6.07, 6.45) is 1.06. The van der Waals surface area contributed by atoms with Gasteiger partial charge < -0.3 is 23.8 Å². The normalized spacial score (nSPS) is 11.5. The maximum Gasteiger partial charge on any atom is 0.334 e. The molecule has 0 saturated carbocycles. The zero-order valence-corrected chi connectivity index (χ0v) is 14.8. The first-order valence-corrected chi connectivity index (χ1v) is 8.10. The fourth-order valence-corrected chi connectivity index (χ4v) is 1.48. The van der Waals surface area contributed by atoms with Gasteiger partial charge in [-0.15, -0.1) is 0 Å². The van der Waals surface area contributed by atoms with Gasteiger partial charge in [-0.05, 0) is 37.5 Å². The number of aryl methyl sites for hydroxylation is 2. The van der Waals surface area contributed by atoms with Crippen molar-refractivity contribution in [3.63, 3.8) is 0 Å². The van der Waals surface area contributed by atoms with Crippen LogP contribution in [0.4, 0.5) is 0 Å². The third kappa shape index (κ3) is 9.86. The molecule has 0 amide bonds. The van der Waals surface area contributed by atoms with Crippen molar-refractivity contribution in [1.29, 1.82) is 0 Å². The van der Waals surface area contributed by atoms with E-state index in [2.05, 4.69) is 9.05 Å². The Balaban J connectivity index is 0.000000585. The molecule has 7 nitrogen and oxygen atoms in total. The molecule has 0 unspecified atom stereocenters. The van der Waals surface area contributed by atoms with Gasteiger partial charge in [0.25, 0.3) is 7.82 Å². The number of esters is 1. The van der Waals surface area contributed by atoms with E-state index in [4.69, 9.17) is 9.84 Å². The lowest BCUT2D eigenvalue weighted by molar-refractivity contribution is -0.220. The Morgan fingerprint density at radius 1 is 1.26 bits per heavy atom. The van der Waals surface area contributed by atoms with Crippen LogP contribution in [0.1, 0.15) is 23.6 Å². The lowest BCUT2D eigenvalue weighted by Gasteiger charge is -2.16. The van der Waals surface area contributed by atoms with Crippen LogP contribution in [-0.4, -0.2) is 25.3 Å². The van der Waals surface area contributed by atoms with E-state index < -0.39 is 13.8 Å². The molecule has 0 aliphatic carbocycles. The summed E-state index contributed by atoms with van der Waals surface area (Å²) in [5.74, 6) is -0.580. The fraction of sp³-hybridized carbons (Fsp3) is 0.400. The summed E-state index contributed by atoms with van der Waals surface area (Å²) >= 11 is 0. The van der Waals surface area contributed by atoms with Crippen molar-refractivity contribution < 1.29 is 33.1 Å². The highest BCUT2D eigenvalue weighted by Crippen LogP contribution is 2.34. The monoisotopic (exact) mass is 345 g/mol. The summed E-state index contributed by atoms with van der Waals surface area (Å²) in [7, 11) is -1.83. The number of allylic oxidation sites excluding steroid dienone is 1. The Labute approximate surface area is 136 Å². The van der Waals surface area contributed by atoms with Gasteiger partial charge in [0.2, 0.25) is 0 Å². The second-order valence-corrected chi connectivity index (χ2v) is 6.25. The number of hydrogen-bond acceptors (Lipinski definition) is 7. The van der Waals surface area contributed by atoms with Crippen molar-refractivity contribution >= 4 is 13.8 Å². The molecule has 1 aromatic carbocycles. The Morgan fingerprint density at radius 2 is 1.83 bits per heavy atom. The number of benzene rings is 1. The van der Waals surface area contributed by atoms with Gasteiger partial charge in [-0.25, -0.2) is 4.79 Å². The molecule has 0 spiro atoms. The predicted octanol–water partition coefficient (Wildman–Crippen LogP) is 2.56. The number of rotatable bonds is 5. The van der Waals surface area contributed by atoms with Gasteiger partial charge in [0.15, 0.2) is 0 Å². The van der Waals surface area contributed by atoms with Crippen LogP contribution in [-0.2, 0) is 29.8 Å². The summed E-state index contributed by atoms with van der Waals surface area (Å²) in [5.41, 5.74) is 3.32. The molecule has 1 N–H and O–H groups in total. The van der Waals surface area contributed by atoms with E-state index in [1.54, 1.807) is 0 Å². The van der Waals surface area contributed by atoms with E-state index in [0.717, 1.165) is 25.9 Å². The van der Waals surface area contributed by atoms with Crippen molar-refractivity contribution in [1.82, 2.24) is 0 Å². The van der Waals surface area contributed by atoms with Crippen LogP contribution in [0.5, 0.6) is 0 Å². The lowest BCUT2D eigenvalue weighted by atomic mass is 10.1. The number of aliphatic hydroxyl groups is 1. The Hall–Kier alpha value is -1.66. The van der Waals surface area contributed by atoms with Gasteiger partial charge in [0.1, 0.15) is 6.61 Å². The van der Waals surface area contributed by atoms with Crippen molar-refractivity contribution in [2.45, 2.75) is 27.4 Å². The summed E-state index contributed by atoms with van der Waals surface area (Å²) in [4.78, 5) is 21.1. The van der Waals surface area contributed by atoms with Crippen molar-refractivity contribution in [2.24, 2.45) is 0 Å². The summed E-state index contributed by atoms with van der Waals surface area (Å²) in [6.45, 7) is 5.70. The molecular formula is C15H22O7P-. The Bertz CT molecular complexity index is 583. The molecule has 0 bridgehead atoms. The molecule has 0 heterocycles. The molecule has 0 aliphatic rings. The first-order valence-electron chi connectivity index (χ1n) is 6.64. The molecule has 0 atom stereocenters. The SMILES string of the molecule is C/C(O)=C/C(=O)OCc1ccc(C)c(C)c1.COP(=O)([O-])OC. The van der Waals surface area contributed by atoms with Crippen molar-refractivity contribution in [3.8, 4) is 0 Å². The van der Waals surface area contributed by atoms with Crippen LogP contribution in [0.2, 0.25) is 0 Å². The second kappa shape index (κ2) is 10.2. The van der Waals surface area contributed by atoms with Crippen LogP contribution in [0.25, 0.3) is 0 Å². The van der Waals surface area contributed by atoms with E-state index in [-0.39, 0.29) is 12.4 Å². The van der Waals surface area contributed by atoms with E-state index in [1.807, 2.05) is 32.0 Å². The number of aliphatic hydroxyl groups excluding tert-OH is 1. The summed E-state index contributed by atoms with van der Waals surface area (Å²) in [6, 6.07) is 5.90. The highest BCUT2D eigenvalue weighted by Gasteiger charge is 2.01. The Kier molecular flexibility index (Phi) is 9.44. The number of phosphoric acid groups is 1. The standard InChI is InChI=1S/C13H16O3.C2H7O4P/c1-9-4-5-12(6-10(9)2)8-16-13(15)7-11(3)14;1-5-7(3,4)6-2/h4-7,14H,8H2,1-3H3;1-2H3,(H,3,4)/p-1/b11-7-;. The minimum Gasteiger partial charge on any atom is -0.756 e. The average molecular weight is 345 g/mol. The molecule has 0 saturated heterocycles. The molecule has 0 radical (unpaired) electrons. The maximum atomic E-state index is 11.1. The first-order chi connectivity index (χ1) is 10.6. The lowest BCUT2D eigenvalue weighted by Crippen LogP contribution is -2.02. The van der Waals surface area contributed by atoms with Crippen LogP contribution in [0.15, 0.2) is 30.0 Å². The smallest absolute Gasteiger partial charge is 0.334 e. The molecule has 1 rings (SSSR count). The fourth-order valence-electron chi connectivity index (χ4n) is 1.33. The molecular weight excluding hydrogens is 323 g/mol. The molecule has 23 heavy (non-hydrogen) atoms. The van der Waals surface area contributed by atoms with Gasteiger partial charge in [-0.1, -0.05) is 18.2 Å². The minimum atomic E-state index is -3.90. The van der Waals surface area contributed by atoms with Crippen LogP contribution < -0.4 is 4.89 Å². The minimum absolute atomic E-state index is 0.0508. The molecule has 8 heteroatoms. The summed E-state index contributed by atoms with van der Waals surface area (Å²) in [5, 5.41) is 8.86. The number of phosphoric ester groups is 1. The highest BCUT2D eigenvalue weighted by molar-refractivity contribution is 7.45. The van der Waals surface area contributed by atoms with Crippen LogP contribution in [0.3, 0.4) is 0 Å². The van der Waals surface area contributed by atoms with Crippen molar-refractivity contribution in [3.05, 3.63) is 46.7 Å². The molecule has 0 fully saturated rings. The second-order valence-electron chi connectivity index (χ2n) is 4.62. The van der Waals surface area contributed by atoms with Gasteiger partial charge >= 0.3 is 5.97 Å². The first kappa shape index (κ1) is 21.3. The summed E-state index contributed by atoms with van der Waals surface area (Å²) < 4.78 is 22.6. The topological polar surface area (TPSA) is 105 Å². The zero-order valence-electron chi connectivity index (χ0n) is 13.9. The van der Waals surface area contributed by atoms with E-state index in [0.29, 0.717) is 0 Å². The molecule has 130 valence electrons. The van der Waals surface area contributed by atoms with Crippen LogP contribution in [0, 0.1) is 13.8 Å². The number of carbonyl (C=O) groups excluding carboxylic acids is 1. The van der Waals surface area contributed by atoms with Gasteiger partial charge in [-0.2, -0.15) is 0 Å². The highest BCUT2D eigenvalue weighted by atomic mass is 31.2. The number of carbonyl (C=O) groups is 1. The van der Waals surface area contributed by atoms with E-state index >= 15 is 0 Å². The van der Waals surface area contributed by atoms with Gasteiger partial charge in [0.05, 0.1) is 11.8 Å². The Morgan fingerprint density at radius 3 is 2.22 bits per heavy atom. The van der Waals surface area contributed by atoms with E-state index in [9.17, 15) is 14.3 Å². The number of hydrogen-bond donors (Lipinski definition) is 1. The van der Waals surface area contributed by atoms with Crippen molar-refractivity contribution in [2.75, 3.05) is 14.2 Å². The largest absolute Gasteiger partial charge is 0.756 e. The predicted molar refractivity (Wildman–Crippen MR) is 83.7 cm³/mol. The maximum absolute atomic E-state index is 11.1. The van der Waals surface area contributed by atoms with Gasteiger partial charge in [0, 0.05) is 14.2 Å². The molecule has 1 aromatic rings. The third-order valence-electron chi connectivity index (χ3n) is 2.73. The number of ether oxygens (including phenoxy) is 1. The zero-order chi connectivity index (χ0) is 18.0.